The van der Waals surface area contributed by atoms with E-state index in [2.05, 4.69) is 4.90 Å². The van der Waals surface area contributed by atoms with Crippen molar-refractivity contribution in [2.45, 2.75) is 45.1 Å². The number of carbonyl (C=O) groups is 1. The summed E-state index contributed by atoms with van der Waals surface area (Å²) in [7, 11) is 1.65. The van der Waals surface area contributed by atoms with Crippen LogP contribution in [0.5, 0.6) is 17.4 Å². The number of carbonyl (C=O) groups excluding carboxylic acids is 1. The molecule has 30 heavy (non-hydrogen) atoms. The second-order valence-electron chi connectivity index (χ2n) is 8.36. The third-order valence-corrected chi connectivity index (χ3v) is 6.16. The van der Waals surface area contributed by atoms with Crippen molar-refractivity contribution < 1.29 is 14.3 Å². The van der Waals surface area contributed by atoms with Crippen molar-refractivity contribution >= 4 is 11.9 Å². The Labute approximate surface area is 177 Å². The second-order valence-corrected chi connectivity index (χ2v) is 8.36. The van der Waals surface area contributed by atoms with Crippen LogP contribution < -0.4 is 14.4 Å². The van der Waals surface area contributed by atoms with Crippen molar-refractivity contribution in [2.75, 3.05) is 31.6 Å². The van der Waals surface area contributed by atoms with Crippen molar-refractivity contribution in [1.29, 1.82) is 0 Å². The van der Waals surface area contributed by atoms with Crippen molar-refractivity contribution in [3.05, 3.63) is 35.5 Å². The van der Waals surface area contributed by atoms with E-state index in [0.29, 0.717) is 18.2 Å². The van der Waals surface area contributed by atoms with Gasteiger partial charge in [-0.05, 0) is 56.4 Å². The largest absolute Gasteiger partial charge is 0.497 e. The molecule has 1 saturated heterocycles. The molecule has 2 fully saturated rings. The maximum atomic E-state index is 12.6. The molecular formula is C23H28N4O3. The molecule has 2 aromatic rings. The molecule has 3 aliphatic rings. The van der Waals surface area contributed by atoms with E-state index in [-0.39, 0.29) is 11.8 Å². The number of hydrogen-bond acceptors (Lipinski definition) is 6. The summed E-state index contributed by atoms with van der Waals surface area (Å²) in [6.45, 7) is 3.21. The predicted octanol–water partition coefficient (Wildman–Crippen LogP) is 3.56. The van der Waals surface area contributed by atoms with Crippen molar-refractivity contribution in [3.8, 4) is 17.4 Å². The lowest BCUT2D eigenvalue weighted by molar-refractivity contribution is -0.133. The normalized spacial score (nSPS) is 18.7. The van der Waals surface area contributed by atoms with E-state index in [1.54, 1.807) is 7.11 Å². The highest BCUT2D eigenvalue weighted by molar-refractivity contribution is 5.81. The first-order valence-corrected chi connectivity index (χ1v) is 11.0. The van der Waals surface area contributed by atoms with Gasteiger partial charge in [0.2, 0.25) is 17.7 Å². The molecule has 1 aliphatic carbocycles. The summed E-state index contributed by atoms with van der Waals surface area (Å²) in [6.07, 6.45) is 6.37. The number of fused-ring (bicyclic) bond motifs is 1. The number of benzene rings is 1. The van der Waals surface area contributed by atoms with Crippen LogP contribution in [0.1, 0.15) is 43.4 Å². The van der Waals surface area contributed by atoms with Gasteiger partial charge in [0.25, 0.3) is 0 Å². The lowest BCUT2D eigenvalue weighted by Gasteiger charge is -2.32. The van der Waals surface area contributed by atoms with Gasteiger partial charge in [0.1, 0.15) is 11.5 Å². The van der Waals surface area contributed by atoms with Gasteiger partial charge in [-0.1, -0.05) is 0 Å². The molecule has 1 saturated carbocycles. The smallest absolute Gasteiger partial charge is 0.229 e. The molecule has 7 heteroatoms. The Balaban J connectivity index is 1.47. The van der Waals surface area contributed by atoms with E-state index in [1.165, 1.54) is 19.3 Å². The van der Waals surface area contributed by atoms with Gasteiger partial charge in [-0.25, -0.2) is 4.98 Å². The zero-order valence-corrected chi connectivity index (χ0v) is 17.5. The number of anilines is 1. The molecule has 1 aromatic carbocycles. The maximum Gasteiger partial charge on any atom is 0.229 e. The molecule has 1 aromatic heterocycles. The van der Waals surface area contributed by atoms with Crippen LogP contribution in [0.3, 0.4) is 0 Å². The van der Waals surface area contributed by atoms with Gasteiger partial charge in [-0.15, -0.1) is 0 Å². The van der Waals surface area contributed by atoms with Crippen LogP contribution in [0.4, 0.5) is 5.95 Å². The number of nitrogens with zero attached hydrogens (tertiary/aromatic N) is 4. The van der Waals surface area contributed by atoms with Gasteiger partial charge in [0.05, 0.1) is 24.9 Å². The summed E-state index contributed by atoms with van der Waals surface area (Å²) in [5.41, 5.74) is 1.95. The molecule has 0 atom stereocenters. The van der Waals surface area contributed by atoms with Gasteiger partial charge in [0, 0.05) is 32.0 Å². The fourth-order valence-electron chi connectivity index (χ4n) is 4.22. The van der Waals surface area contributed by atoms with Crippen LogP contribution in [0, 0.1) is 5.92 Å². The summed E-state index contributed by atoms with van der Waals surface area (Å²) in [5, 5.41) is 0. The molecule has 1 amide bonds. The summed E-state index contributed by atoms with van der Waals surface area (Å²) >= 11 is 0. The molecule has 5 rings (SSSR count). The van der Waals surface area contributed by atoms with Crippen LogP contribution in [0.25, 0.3) is 0 Å². The first kappa shape index (κ1) is 19.2. The highest BCUT2D eigenvalue weighted by atomic mass is 16.5. The first-order valence-electron chi connectivity index (χ1n) is 11.0. The van der Waals surface area contributed by atoms with Crippen LogP contribution in [-0.2, 0) is 17.8 Å². The summed E-state index contributed by atoms with van der Waals surface area (Å²) in [5.74, 6) is 3.27. The summed E-state index contributed by atoms with van der Waals surface area (Å²) in [6, 6.07) is 7.50. The average Bonchev–Trinajstić information content (AvgIpc) is 3.65. The van der Waals surface area contributed by atoms with Crippen LogP contribution >= 0.6 is 0 Å². The zero-order valence-electron chi connectivity index (χ0n) is 17.5. The minimum absolute atomic E-state index is 0.214. The lowest BCUT2D eigenvalue weighted by Crippen LogP contribution is -2.38. The number of aromatic nitrogens is 2. The Morgan fingerprint density at radius 2 is 1.73 bits per heavy atom. The fraction of sp³-hybridized carbons (Fsp3) is 0.522. The van der Waals surface area contributed by atoms with Gasteiger partial charge >= 0.3 is 0 Å². The fourth-order valence-corrected chi connectivity index (χ4v) is 4.22. The predicted molar refractivity (Wildman–Crippen MR) is 113 cm³/mol. The highest BCUT2D eigenvalue weighted by Gasteiger charge is 2.36. The maximum absolute atomic E-state index is 12.6. The third kappa shape index (κ3) is 3.93. The standard InChI is InChI=1S/C23H28N4O3/c1-29-17-7-9-18(10-8-17)30-21-19-15-27(22(28)16-5-6-16)14-11-20(19)24-23(25-21)26-12-3-2-4-13-26/h7-10,16H,2-6,11-15H2,1H3. The Kier molecular flexibility index (Phi) is 5.19. The third-order valence-electron chi connectivity index (χ3n) is 6.16. The monoisotopic (exact) mass is 408 g/mol. The molecule has 0 N–H and O–H groups in total. The Morgan fingerprint density at radius 1 is 1.00 bits per heavy atom. The van der Waals surface area contributed by atoms with Crippen LogP contribution in [0.15, 0.2) is 24.3 Å². The topological polar surface area (TPSA) is 67.8 Å². The quantitative estimate of drug-likeness (QED) is 0.754. The van der Waals surface area contributed by atoms with Gasteiger partial charge in [-0.3, -0.25) is 4.79 Å². The molecule has 0 bridgehead atoms. The molecular weight excluding hydrogens is 380 g/mol. The minimum atomic E-state index is 0.214. The second kappa shape index (κ2) is 8.13. The molecule has 0 spiro atoms. The van der Waals surface area contributed by atoms with Gasteiger partial charge in [-0.2, -0.15) is 4.98 Å². The van der Waals surface area contributed by atoms with Crippen molar-refractivity contribution in [3.63, 3.8) is 0 Å². The molecule has 7 nitrogen and oxygen atoms in total. The van der Waals surface area contributed by atoms with Crippen LogP contribution in [-0.4, -0.2) is 47.5 Å². The van der Waals surface area contributed by atoms with E-state index in [9.17, 15) is 4.79 Å². The Morgan fingerprint density at radius 3 is 2.43 bits per heavy atom. The SMILES string of the molecule is COc1ccc(Oc2nc(N3CCCCC3)nc3c2CN(C(=O)C2CC2)CC3)cc1. The summed E-state index contributed by atoms with van der Waals surface area (Å²) in [4.78, 5) is 26.6. The summed E-state index contributed by atoms with van der Waals surface area (Å²) < 4.78 is 11.5. The van der Waals surface area contributed by atoms with Gasteiger partial charge < -0.3 is 19.3 Å². The van der Waals surface area contributed by atoms with E-state index < -0.39 is 0 Å². The van der Waals surface area contributed by atoms with E-state index in [4.69, 9.17) is 19.4 Å². The molecule has 3 heterocycles. The molecule has 2 aliphatic heterocycles. The van der Waals surface area contributed by atoms with Crippen molar-refractivity contribution in [2.24, 2.45) is 5.92 Å². The number of hydrogen-bond donors (Lipinski definition) is 0. The number of methoxy groups -OCH3 is 1. The molecule has 0 unspecified atom stereocenters. The van der Waals surface area contributed by atoms with E-state index in [1.807, 2.05) is 29.2 Å². The number of piperidine rings is 1. The zero-order chi connectivity index (χ0) is 20.5. The molecule has 158 valence electrons. The first-order chi connectivity index (χ1) is 14.7. The average molecular weight is 409 g/mol. The number of ether oxygens (including phenoxy) is 2. The number of amides is 1. The highest BCUT2D eigenvalue weighted by Crippen LogP contribution is 2.36. The lowest BCUT2D eigenvalue weighted by atomic mass is 10.1. The Bertz CT molecular complexity index is 921. The van der Waals surface area contributed by atoms with E-state index in [0.717, 1.165) is 61.9 Å². The Hall–Kier alpha value is -2.83. The van der Waals surface area contributed by atoms with Gasteiger partial charge in [0.15, 0.2) is 0 Å². The van der Waals surface area contributed by atoms with Crippen molar-refractivity contribution in [1.82, 2.24) is 14.9 Å². The minimum Gasteiger partial charge on any atom is -0.497 e. The van der Waals surface area contributed by atoms with E-state index >= 15 is 0 Å². The molecule has 0 radical (unpaired) electrons. The number of rotatable bonds is 5. The van der Waals surface area contributed by atoms with Crippen LogP contribution in [0.2, 0.25) is 0 Å².